The molecule has 2 aliphatic heterocycles. The summed E-state index contributed by atoms with van der Waals surface area (Å²) >= 11 is 0. The van der Waals surface area contributed by atoms with Crippen molar-refractivity contribution in [3.8, 4) is 0 Å². The molecule has 7 heteroatoms. The van der Waals surface area contributed by atoms with Crippen LogP contribution in [-0.4, -0.2) is 81.0 Å². The Kier molecular flexibility index (Phi) is 5.19. The third kappa shape index (κ3) is 3.46. The van der Waals surface area contributed by atoms with Gasteiger partial charge in [-0.2, -0.15) is 17.0 Å². The second-order valence-corrected chi connectivity index (χ2v) is 7.19. The molecule has 0 unspecified atom stereocenters. The van der Waals surface area contributed by atoms with E-state index >= 15 is 0 Å². The van der Waals surface area contributed by atoms with Crippen LogP contribution in [0.2, 0.25) is 0 Å². The minimum absolute atomic E-state index is 0.135. The zero-order chi connectivity index (χ0) is 13.9. The zero-order valence-electron chi connectivity index (χ0n) is 11.9. The standard InChI is InChI=1S/C12H25N3O3S/c1-3-14-6-4-12(5-7-14)13(2)19(16,17)15-8-10-18-11-9-15/h12H,3-11H2,1-2H3. The maximum Gasteiger partial charge on any atom is 0.282 e. The molecule has 19 heavy (non-hydrogen) atoms. The molecule has 0 aromatic rings. The van der Waals surface area contributed by atoms with Gasteiger partial charge in [0.05, 0.1) is 13.2 Å². The van der Waals surface area contributed by atoms with Gasteiger partial charge in [0.1, 0.15) is 0 Å². The number of ether oxygens (including phenoxy) is 1. The normalized spacial score (nSPS) is 25.0. The van der Waals surface area contributed by atoms with E-state index in [-0.39, 0.29) is 6.04 Å². The van der Waals surface area contributed by atoms with Crippen molar-refractivity contribution in [2.24, 2.45) is 0 Å². The smallest absolute Gasteiger partial charge is 0.282 e. The summed E-state index contributed by atoms with van der Waals surface area (Å²) in [4.78, 5) is 2.37. The van der Waals surface area contributed by atoms with Crippen LogP contribution in [0, 0.1) is 0 Å². The van der Waals surface area contributed by atoms with E-state index in [0.29, 0.717) is 26.3 Å². The van der Waals surface area contributed by atoms with Crippen LogP contribution in [-0.2, 0) is 14.9 Å². The van der Waals surface area contributed by atoms with E-state index in [0.717, 1.165) is 32.5 Å². The fourth-order valence-electron chi connectivity index (χ4n) is 2.75. The van der Waals surface area contributed by atoms with Crippen molar-refractivity contribution in [2.75, 3.05) is 53.0 Å². The second kappa shape index (κ2) is 6.49. The summed E-state index contributed by atoms with van der Waals surface area (Å²) in [7, 11) is -1.60. The lowest BCUT2D eigenvalue weighted by Gasteiger charge is -2.38. The molecule has 0 aliphatic carbocycles. The Balaban J connectivity index is 1.96. The van der Waals surface area contributed by atoms with E-state index < -0.39 is 10.2 Å². The summed E-state index contributed by atoms with van der Waals surface area (Å²) in [5.41, 5.74) is 0. The van der Waals surface area contributed by atoms with Crippen LogP contribution in [0.15, 0.2) is 0 Å². The summed E-state index contributed by atoms with van der Waals surface area (Å²) in [6.07, 6.45) is 1.85. The predicted molar refractivity (Wildman–Crippen MR) is 74.2 cm³/mol. The molecule has 0 amide bonds. The van der Waals surface area contributed by atoms with Crippen LogP contribution in [0.5, 0.6) is 0 Å². The lowest BCUT2D eigenvalue weighted by atomic mass is 10.1. The van der Waals surface area contributed by atoms with Crippen LogP contribution < -0.4 is 0 Å². The molecule has 0 radical (unpaired) electrons. The van der Waals surface area contributed by atoms with Crippen LogP contribution in [0.4, 0.5) is 0 Å². The van der Waals surface area contributed by atoms with E-state index in [9.17, 15) is 8.42 Å². The summed E-state index contributed by atoms with van der Waals surface area (Å²) in [6, 6.07) is 0.135. The van der Waals surface area contributed by atoms with Gasteiger partial charge in [-0.3, -0.25) is 0 Å². The lowest BCUT2D eigenvalue weighted by molar-refractivity contribution is 0.0686. The van der Waals surface area contributed by atoms with Crippen molar-refractivity contribution in [1.29, 1.82) is 0 Å². The first kappa shape index (κ1) is 15.2. The van der Waals surface area contributed by atoms with Gasteiger partial charge in [-0.15, -0.1) is 0 Å². The highest BCUT2D eigenvalue weighted by Gasteiger charge is 2.34. The number of likely N-dealkylation sites (tertiary alicyclic amines) is 1. The quantitative estimate of drug-likeness (QED) is 0.730. The highest BCUT2D eigenvalue weighted by atomic mass is 32.2. The first-order chi connectivity index (χ1) is 9.05. The van der Waals surface area contributed by atoms with Gasteiger partial charge in [-0.25, -0.2) is 0 Å². The number of piperidine rings is 1. The van der Waals surface area contributed by atoms with E-state index in [2.05, 4.69) is 11.8 Å². The molecule has 0 aromatic heterocycles. The van der Waals surface area contributed by atoms with Gasteiger partial charge < -0.3 is 9.64 Å². The molecule has 2 aliphatic rings. The van der Waals surface area contributed by atoms with E-state index in [1.165, 1.54) is 0 Å². The molecule has 2 fully saturated rings. The first-order valence-corrected chi connectivity index (χ1v) is 8.48. The molecule has 112 valence electrons. The number of nitrogens with zero attached hydrogens (tertiary/aromatic N) is 3. The van der Waals surface area contributed by atoms with Gasteiger partial charge >= 0.3 is 0 Å². The van der Waals surface area contributed by atoms with Gasteiger partial charge in [-0.1, -0.05) is 6.92 Å². The van der Waals surface area contributed by atoms with Crippen molar-refractivity contribution in [1.82, 2.24) is 13.5 Å². The fourth-order valence-corrected chi connectivity index (χ4v) is 4.31. The Morgan fingerprint density at radius 2 is 1.74 bits per heavy atom. The Morgan fingerprint density at radius 1 is 1.16 bits per heavy atom. The number of morpholine rings is 1. The van der Waals surface area contributed by atoms with E-state index in [1.807, 2.05) is 0 Å². The molecular weight excluding hydrogens is 266 g/mol. The summed E-state index contributed by atoms with van der Waals surface area (Å²) < 4.78 is 33.4. The minimum atomic E-state index is -3.32. The fraction of sp³-hybridized carbons (Fsp3) is 1.00. The van der Waals surface area contributed by atoms with Crippen molar-refractivity contribution in [3.05, 3.63) is 0 Å². The molecule has 0 atom stereocenters. The van der Waals surface area contributed by atoms with Crippen molar-refractivity contribution >= 4 is 10.2 Å². The molecule has 6 nitrogen and oxygen atoms in total. The number of hydrogen-bond acceptors (Lipinski definition) is 4. The Morgan fingerprint density at radius 3 is 2.26 bits per heavy atom. The average Bonchev–Trinajstić information content (AvgIpc) is 2.47. The predicted octanol–water partition coefficient (Wildman–Crippen LogP) is -0.0205. The van der Waals surface area contributed by atoms with Crippen molar-refractivity contribution in [3.63, 3.8) is 0 Å². The summed E-state index contributed by atoms with van der Waals surface area (Å²) in [6.45, 7) is 7.12. The highest BCUT2D eigenvalue weighted by molar-refractivity contribution is 7.86. The highest BCUT2D eigenvalue weighted by Crippen LogP contribution is 2.20. The SMILES string of the molecule is CCN1CCC(N(C)S(=O)(=O)N2CCOCC2)CC1. The monoisotopic (exact) mass is 291 g/mol. The Hall–Kier alpha value is -0.210. The van der Waals surface area contributed by atoms with Crippen LogP contribution >= 0.6 is 0 Å². The minimum Gasteiger partial charge on any atom is -0.379 e. The topological polar surface area (TPSA) is 53.1 Å². The van der Waals surface area contributed by atoms with Crippen molar-refractivity contribution in [2.45, 2.75) is 25.8 Å². The maximum atomic E-state index is 12.5. The van der Waals surface area contributed by atoms with Gasteiger partial charge in [0.15, 0.2) is 0 Å². The molecule has 0 N–H and O–H groups in total. The van der Waals surface area contributed by atoms with Gasteiger partial charge in [0.2, 0.25) is 0 Å². The molecule has 2 rings (SSSR count). The largest absolute Gasteiger partial charge is 0.379 e. The summed E-state index contributed by atoms with van der Waals surface area (Å²) in [5.74, 6) is 0. The number of rotatable bonds is 4. The van der Waals surface area contributed by atoms with Gasteiger partial charge in [-0.05, 0) is 32.5 Å². The molecule has 0 saturated carbocycles. The van der Waals surface area contributed by atoms with Crippen LogP contribution in [0.1, 0.15) is 19.8 Å². The van der Waals surface area contributed by atoms with Crippen molar-refractivity contribution < 1.29 is 13.2 Å². The van der Waals surface area contributed by atoms with Gasteiger partial charge in [0, 0.05) is 26.2 Å². The third-order valence-corrected chi connectivity index (χ3v) is 6.22. The Labute approximate surface area is 116 Å². The zero-order valence-corrected chi connectivity index (χ0v) is 12.7. The number of hydrogen-bond donors (Lipinski definition) is 0. The molecule has 2 heterocycles. The first-order valence-electron chi connectivity index (χ1n) is 7.09. The van der Waals surface area contributed by atoms with Crippen LogP contribution in [0.25, 0.3) is 0 Å². The molecule has 0 spiro atoms. The third-order valence-electron chi connectivity index (χ3n) is 4.18. The Bertz CT molecular complexity index is 374. The average molecular weight is 291 g/mol. The second-order valence-electron chi connectivity index (χ2n) is 5.20. The molecular formula is C12H25N3O3S. The van der Waals surface area contributed by atoms with Gasteiger partial charge in [0.25, 0.3) is 10.2 Å². The summed E-state index contributed by atoms with van der Waals surface area (Å²) in [5, 5.41) is 0. The lowest BCUT2D eigenvalue weighted by Crippen LogP contribution is -2.52. The molecule has 0 aromatic carbocycles. The van der Waals surface area contributed by atoms with Crippen LogP contribution in [0.3, 0.4) is 0 Å². The molecule has 0 bridgehead atoms. The van der Waals surface area contributed by atoms with E-state index in [4.69, 9.17) is 4.74 Å². The molecule has 2 saturated heterocycles. The van der Waals surface area contributed by atoms with E-state index in [1.54, 1.807) is 15.7 Å². The maximum absolute atomic E-state index is 12.5.